The number of benzene rings is 2. The Morgan fingerprint density at radius 3 is 1.83 bits per heavy atom. The zero-order valence-corrected chi connectivity index (χ0v) is 32.1. The smallest absolute Gasteiger partial charge is 0.465 e. The molecule has 2 rings (SSSR count). The Kier molecular flexibility index (Phi) is 14.0. The molecule has 5 amide bonds. The van der Waals surface area contributed by atoms with Gasteiger partial charge in [-0.05, 0) is 77.3 Å². The van der Waals surface area contributed by atoms with E-state index in [4.69, 9.17) is 0 Å². The lowest BCUT2D eigenvalue weighted by molar-refractivity contribution is -0.167. The number of likely N-dealkylation sites (N-methyl/N-ethyl adjacent to an activating group) is 2. The SMILES string of the molecule is C/C(=C\[C@H](C(C)C)N(C)C(=O)C(C)(C)[C@H](C)NC(=O)[C@](C)(c1ccccc1)C(C)N(C)C(=O)O)C(=O)NS(=O)(=O)c1ccc(NC(=O)C(F)(F)F)cc1. The third-order valence-corrected chi connectivity index (χ3v) is 11.0. The minimum atomic E-state index is -5.15. The first-order valence-corrected chi connectivity index (χ1v) is 18.0. The maximum Gasteiger partial charge on any atom is 0.471 e. The zero-order valence-electron chi connectivity index (χ0n) is 31.3. The van der Waals surface area contributed by atoms with Gasteiger partial charge in [-0.1, -0.05) is 50.3 Å². The number of anilines is 1. The van der Waals surface area contributed by atoms with Crippen LogP contribution >= 0.6 is 0 Å². The van der Waals surface area contributed by atoms with Crippen molar-refractivity contribution in [1.82, 2.24) is 19.8 Å². The molecule has 4 N–H and O–H groups in total. The monoisotopic (exact) mass is 767 g/mol. The number of halogens is 3. The molecule has 0 saturated carbocycles. The Bertz CT molecular complexity index is 1820. The van der Waals surface area contributed by atoms with E-state index in [9.17, 15) is 50.7 Å². The summed E-state index contributed by atoms with van der Waals surface area (Å²) in [6.07, 6.45) is -4.94. The number of nitrogens with one attached hydrogen (secondary N) is 3. The average molecular weight is 768 g/mol. The van der Waals surface area contributed by atoms with E-state index in [1.165, 1.54) is 32.0 Å². The number of sulfonamides is 1. The Morgan fingerprint density at radius 2 is 1.36 bits per heavy atom. The van der Waals surface area contributed by atoms with Gasteiger partial charge >= 0.3 is 18.2 Å². The lowest BCUT2D eigenvalue weighted by Crippen LogP contribution is -2.60. The molecule has 0 aromatic heterocycles. The number of nitrogens with zero attached hydrogens (tertiary/aromatic N) is 2. The van der Waals surface area contributed by atoms with Crippen LogP contribution in [-0.4, -0.2) is 91.4 Å². The highest BCUT2D eigenvalue weighted by Crippen LogP contribution is 2.33. The first-order valence-electron chi connectivity index (χ1n) is 16.5. The van der Waals surface area contributed by atoms with E-state index in [2.05, 4.69) is 5.32 Å². The van der Waals surface area contributed by atoms with Crippen LogP contribution in [0.15, 0.2) is 71.1 Å². The number of carboxylic acid groups (broad SMARTS) is 1. The highest BCUT2D eigenvalue weighted by atomic mass is 32.2. The summed E-state index contributed by atoms with van der Waals surface area (Å²) in [6.45, 7) is 13.1. The van der Waals surface area contributed by atoms with E-state index in [-0.39, 0.29) is 17.2 Å². The standard InChI is InChI=1S/C36H48F3N5O8S/c1-21(2)28(20-22(3)29(45)42-53(51,52)27-18-16-26(17-19-27)41-31(47)36(37,38)39)44(10)32(48)34(6,7)23(4)40-30(46)35(8,24(5)43(9)33(49)50)25-14-12-11-13-15-25/h11-21,23-24,28H,1-10H3,(H,40,46)(H,41,47)(H,42,45)(H,49,50)/b22-20+/t23-,24?,28+,35-/m0/s1. The van der Waals surface area contributed by atoms with E-state index in [1.54, 1.807) is 84.1 Å². The molecule has 0 aliphatic heterocycles. The molecule has 53 heavy (non-hydrogen) atoms. The Hall–Kier alpha value is -4.93. The molecule has 0 fully saturated rings. The van der Waals surface area contributed by atoms with Gasteiger partial charge in [0.05, 0.1) is 27.8 Å². The van der Waals surface area contributed by atoms with Gasteiger partial charge in [0.2, 0.25) is 11.8 Å². The number of hydrogen-bond acceptors (Lipinski definition) is 7. The molecule has 2 aromatic rings. The fraction of sp³-hybridized carbons (Fsp3) is 0.472. The summed E-state index contributed by atoms with van der Waals surface area (Å²) in [5.41, 5.74) is -2.40. The van der Waals surface area contributed by atoms with Gasteiger partial charge in [-0.15, -0.1) is 0 Å². The van der Waals surface area contributed by atoms with Gasteiger partial charge in [0.25, 0.3) is 15.9 Å². The minimum absolute atomic E-state index is 0.0599. The quantitative estimate of drug-likeness (QED) is 0.196. The van der Waals surface area contributed by atoms with Crippen molar-refractivity contribution in [3.05, 3.63) is 71.8 Å². The second kappa shape index (κ2) is 16.8. The van der Waals surface area contributed by atoms with Crippen molar-refractivity contribution in [3.8, 4) is 0 Å². The number of amides is 5. The fourth-order valence-corrected chi connectivity index (χ4v) is 6.48. The Balaban J connectivity index is 2.29. The predicted molar refractivity (Wildman–Crippen MR) is 192 cm³/mol. The molecule has 2 aromatic carbocycles. The second-order valence-corrected chi connectivity index (χ2v) is 15.6. The number of alkyl halides is 3. The maximum absolute atomic E-state index is 14.1. The molecule has 0 bridgehead atoms. The summed E-state index contributed by atoms with van der Waals surface area (Å²) in [5.74, 6) is -4.47. The van der Waals surface area contributed by atoms with Gasteiger partial charge in [-0.25, -0.2) is 17.9 Å². The molecule has 13 nitrogen and oxygen atoms in total. The lowest BCUT2D eigenvalue weighted by atomic mass is 9.74. The summed E-state index contributed by atoms with van der Waals surface area (Å²) in [7, 11) is -1.61. The highest BCUT2D eigenvalue weighted by Gasteiger charge is 2.47. The maximum atomic E-state index is 14.1. The third-order valence-electron chi connectivity index (χ3n) is 9.68. The summed E-state index contributed by atoms with van der Waals surface area (Å²) in [4.78, 5) is 66.2. The van der Waals surface area contributed by atoms with Crippen LogP contribution in [-0.2, 0) is 34.6 Å². The zero-order chi connectivity index (χ0) is 40.9. The van der Waals surface area contributed by atoms with Crippen LogP contribution in [0.5, 0.6) is 0 Å². The molecule has 0 aliphatic rings. The van der Waals surface area contributed by atoms with E-state index >= 15 is 0 Å². The van der Waals surface area contributed by atoms with Crippen molar-refractivity contribution in [2.24, 2.45) is 11.3 Å². The molecule has 0 radical (unpaired) electrons. The molecule has 0 spiro atoms. The molecule has 0 heterocycles. The minimum Gasteiger partial charge on any atom is -0.465 e. The number of hydrogen-bond donors (Lipinski definition) is 4. The normalized spacial score (nSPS) is 15.3. The second-order valence-electron chi connectivity index (χ2n) is 14.0. The van der Waals surface area contributed by atoms with Crippen molar-refractivity contribution >= 4 is 45.4 Å². The van der Waals surface area contributed by atoms with E-state index in [0.29, 0.717) is 5.56 Å². The topological polar surface area (TPSA) is 182 Å². The molecular formula is C36H48F3N5O8S. The number of rotatable bonds is 14. The van der Waals surface area contributed by atoms with Gasteiger partial charge in [-0.3, -0.25) is 19.2 Å². The summed E-state index contributed by atoms with van der Waals surface area (Å²) < 4.78 is 65.3. The van der Waals surface area contributed by atoms with Crippen molar-refractivity contribution in [3.63, 3.8) is 0 Å². The molecule has 4 atom stereocenters. The van der Waals surface area contributed by atoms with Crippen molar-refractivity contribution in [2.75, 3.05) is 19.4 Å². The van der Waals surface area contributed by atoms with E-state index < -0.39 is 79.8 Å². The lowest BCUT2D eigenvalue weighted by Gasteiger charge is -2.42. The first kappa shape index (κ1) is 44.2. The summed E-state index contributed by atoms with van der Waals surface area (Å²) in [5, 5.41) is 14.2. The molecule has 1 unspecified atom stereocenters. The van der Waals surface area contributed by atoms with E-state index in [1.807, 2.05) is 4.72 Å². The van der Waals surface area contributed by atoms with Crippen LogP contribution < -0.4 is 15.4 Å². The number of carbonyl (C=O) groups is 5. The predicted octanol–water partition coefficient (Wildman–Crippen LogP) is 4.91. The van der Waals surface area contributed by atoms with Gasteiger partial charge in [0.15, 0.2) is 0 Å². The summed E-state index contributed by atoms with van der Waals surface area (Å²) >= 11 is 0. The van der Waals surface area contributed by atoms with Crippen molar-refractivity contribution in [2.45, 2.75) is 90.0 Å². The van der Waals surface area contributed by atoms with Crippen LogP contribution in [0.2, 0.25) is 0 Å². The van der Waals surface area contributed by atoms with Crippen molar-refractivity contribution < 1.29 is 50.7 Å². The first-order chi connectivity index (χ1) is 24.2. The molecular weight excluding hydrogens is 719 g/mol. The highest BCUT2D eigenvalue weighted by molar-refractivity contribution is 7.90. The molecule has 17 heteroatoms. The third kappa shape index (κ3) is 10.4. The number of carbonyl (C=O) groups excluding carboxylic acids is 4. The Labute approximate surface area is 308 Å². The average Bonchev–Trinajstić information content (AvgIpc) is 3.08. The van der Waals surface area contributed by atoms with Crippen LogP contribution in [0.3, 0.4) is 0 Å². The largest absolute Gasteiger partial charge is 0.471 e. The van der Waals surface area contributed by atoms with Crippen LogP contribution in [0.25, 0.3) is 0 Å². The van der Waals surface area contributed by atoms with Gasteiger partial charge in [-0.2, -0.15) is 13.2 Å². The van der Waals surface area contributed by atoms with Gasteiger partial charge in [0, 0.05) is 31.4 Å². The van der Waals surface area contributed by atoms with Crippen LogP contribution in [0.1, 0.15) is 61.0 Å². The van der Waals surface area contributed by atoms with E-state index in [0.717, 1.165) is 29.2 Å². The fourth-order valence-electron chi connectivity index (χ4n) is 5.47. The molecule has 0 aliphatic carbocycles. The molecule has 292 valence electrons. The molecule has 0 saturated heterocycles. The van der Waals surface area contributed by atoms with Crippen LogP contribution in [0.4, 0.5) is 23.7 Å². The van der Waals surface area contributed by atoms with Gasteiger partial charge in [0.1, 0.15) is 0 Å². The Morgan fingerprint density at radius 1 is 0.830 bits per heavy atom. The van der Waals surface area contributed by atoms with Crippen molar-refractivity contribution in [1.29, 1.82) is 0 Å². The summed E-state index contributed by atoms with van der Waals surface area (Å²) in [6, 6.07) is 10.1. The van der Waals surface area contributed by atoms with Gasteiger partial charge < -0.3 is 25.5 Å². The van der Waals surface area contributed by atoms with Crippen LogP contribution in [0, 0.1) is 11.3 Å².